The van der Waals surface area contributed by atoms with E-state index in [1.165, 1.54) is 0 Å². The van der Waals surface area contributed by atoms with Gasteiger partial charge in [-0.25, -0.2) is 0 Å². The minimum absolute atomic E-state index is 0.0168. The van der Waals surface area contributed by atoms with Crippen LogP contribution in [-0.4, -0.2) is 5.91 Å². The summed E-state index contributed by atoms with van der Waals surface area (Å²) >= 11 is 0. The van der Waals surface area contributed by atoms with E-state index in [1.807, 2.05) is 61.5 Å². The molecule has 3 heteroatoms. The number of rotatable bonds is 4. The van der Waals surface area contributed by atoms with Gasteiger partial charge in [-0.15, -0.1) is 0 Å². The van der Waals surface area contributed by atoms with E-state index in [1.54, 1.807) is 0 Å². The van der Waals surface area contributed by atoms with Crippen LogP contribution in [0.4, 0.5) is 5.69 Å². The highest BCUT2D eigenvalue weighted by Gasteiger charge is 2.09. The van der Waals surface area contributed by atoms with Crippen molar-refractivity contribution in [1.29, 1.82) is 0 Å². The number of amides is 1. The number of nitrogens with two attached hydrogens (primary N) is 1. The van der Waals surface area contributed by atoms with E-state index in [2.05, 4.69) is 5.32 Å². The van der Waals surface area contributed by atoms with Crippen LogP contribution >= 0.6 is 0 Å². The van der Waals surface area contributed by atoms with Gasteiger partial charge in [0.2, 0.25) is 5.91 Å². The van der Waals surface area contributed by atoms with Crippen molar-refractivity contribution in [3.05, 3.63) is 65.7 Å². The lowest BCUT2D eigenvalue weighted by atomic mass is 10.1. The summed E-state index contributed by atoms with van der Waals surface area (Å²) in [4.78, 5) is 11.9. The Kier molecular flexibility index (Phi) is 4.18. The molecular formula is C16H18N2O. The number of benzene rings is 2. The molecule has 0 aliphatic heterocycles. The number of anilines is 1. The van der Waals surface area contributed by atoms with E-state index in [9.17, 15) is 4.79 Å². The average molecular weight is 254 g/mol. The fourth-order valence-electron chi connectivity index (χ4n) is 1.94. The van der Waals surface area contributed by atoms with Gasteiger partial charge in [0.15, 0.2) is 0 Å². The molecule has 2 aromatic carbocycles. The Hall–Kier alpha value is -2.29. The number of hydrogen-bond acceptors (Lipinski definition) is 2. The summed E-state index contributed by atoms with van der Waals surface area (Å²) in [5.74, 6) is 0.0236. The smallest absolute Gasteiger partial charge is 0.224 e. The molecule has 3 nitrogen and oxygen atoms in total. The Labute approximate surface area is 113 Å². The van der Waals surface area contributed by atoms with Gasteiger partial charge >= 0.3 is 0 Å². The monoisotopic (exact) mass is 254 g/mol. The molecule has 19 heavy (non-hydrogen) atoms. The molecule has 0 heterocycles. The Bertz CT molecular complexity index is 534. The van der Waals surface area contributed by atoms with Crippen molar-refractivity contribution >= 4 is 11.6 Å². The summed E-state index contributed by atoms with van der Waals surface area (Å²) in [5, 5.41) is 2.98. The van der Waals surface area contributed by atoms with E-state index in [4.69, 9.17) is 5.73 Å². The topological polar surface area (TPSA) is 55.1 Å². The Balaban J connectivity index is 1.93. The van der Waals surface area contributed by atoms with Crippen molar-refractivity contribution in [1.82, 2.24) is 5.32 Å². The molecule has 0 saturated carbocycles. The number of carbonyl (C=O) groups excluding carboxylic acids is 1. The molecule has 0 aromatic heterocycles. The van der Waals surface area contributed by atoms with Gasteiger partial charge in [0.1, 0.15) is 0 Å². The predicted molar refractivity (Wildman–Crippen MR) is 77.6 cm³/mol. The lowest BCUT2D eigenvalue weighted by molar-refractivity contribution is -0.121. The maximum Gasteiger partial charge on any atom is 0.224 e. The third kappa shape index (κ3) is 3.85. The van der Waals surface area contributed by atoms with Gasteiger partial charge in [0.25, 0.3) is 0 Å². The second-order valence-corrected chi connectivity index (χ2v) is 4.62. The van der Waals surface area contributed by atoms with Gasteiger partial charge in [0, 0.05) is 5.69 Å². The molecule has 2 aromatic rings. The molecule has 1 amide bonds. The fourth-order valence-corrected chi connectivity index (χ4v) is 1.94. The van der Waals surface area contributed by atoms with Crippen molar-refractivity contribution in [2.75, 3.05) is 5.73 Å². The average Bonchev–Trinajstić information content (AvgIpc) is 2.40. The number of hydrogen-bond donors (Lipinski definition) is 2. The van der Waals surface area contributed by atoms with E-state index < -0.39 is 0 Å². The standard InChI is InChI=1S/C16H18N2O/c1-12(14-7-9-15(17)10-8-14)18-16(19)11-13-5-3-2-4-6-13/h2-10,12H,11,17H2,1H3,(H,18,19). The first-order chi connectivity index (χ1) is 9.15. The zero-order valence-electron chi connectivity index (χ0n) is 11.0. The minimum Gasteiger partial charge on any atom is -0.399 e. The molecule has 0 aliphatic rings. The number of nitrogens with one attached hydrogen (secondary N) is 1. The first-order valence-electron chi connectivity index (χ1n) is 6.34. The summed E-state index contributed by atoms with van der Waals surface area (Å²) in [6.07, 6.45) is 0.403. The van der Waals surface area contributed by atoms with Gasteiger partial charge in [-0.05, 0) is 30.2 Å². The molecule has 2 rings (SSSR count). The molecular weight excluding hydrogens is 236 g/mol. The molecule has 1 unspecified atom stereocenters. The van der Waals surface area contributed by atoms with Crippen LogP contribution in [0, 0.1) is 0 Å². The number of carbonyl (C=O) groups is 1. The van der Waals surface area contributed by atoms with Gasteiger partial charge < -0.3 is 11.1 Å². The van der Waals surface area contributed by atoms with E-state index in [0.29, 0.717) is 6.42 Å². The van der Waals surface area contributed by atoms with Gasteiger partial charge in [-0.2, -0.15) is 0 Å². The van der Waals surface area contributed by atoms with Crippen molar-refractivity contribution in [3.63, 3.8) is 0 Å². The minimum atomic E-state index is -0.0168. The first-order valence-corrected chi connectivity index (χ1v) is 6.34. The number of nitrogen functional groups attached to an aromatic ring is 1. The van der Waals surface area contributed by atoms with Crippen LogP contribution in [0.5, 0.6) is 0 Å². The van der Waals surface area contributed by atoms with Crippen molar-refractivity contribution < 1.29 is 4.79 Å². The van der Waals surface area contributed by atoms with E-state index in [-0.39, 0.29) is 11.9 Å². The summed E-state index contributed by atoms with van der Waals surface area (Å²) in [7, 11) is 0. The normalized spacial score (nSPS) is 11.8. The molecule has 0 bridgehead atoms. The van der Waals surface area contributed by atoms with Gasteiger partial charge in [-0.3, -0.25) is 4.79 Å². The van der Waals surface area contributed by atoms with Crippen LogP contribution in [0.15, 0.2) is 54.6 Å². The van der Waals surface area contributed by atoms with E-state index in [0.717, 1.165) is 16.8 Å². The van der Waals surface area contributed by atoms with Crippen molar-refractivity contribution in [2.24, 2.45) is 0 Å². The fraction of sp³-hybridized carbons (Fsp3) is 0.188. The highest BCUT2D eigenvalue weighted by Crippen LogP contribution is 2.14. The second-order valence-electron chi connectivity index (χ2n) is 4.62. The van der Waals surface area contributed by atoms with Crippen molar-refractivity contribution in [2.45, 2.75) is 19.4 Å². The van der Waals surface area contributed by atoms with Gasteiger partial charge in [0.05, 0.1) is 12.5 Å². The van der Waals surface area contributed by atoms with Gasteiger partial charge in [-0.1, -0.05) is 42.5 Å². The van der Waals surface area contributed by atoms with E-state index >= 15 is 0 Å². The highest BCUT2D eigenvalue weighted by molar-refractivity contribution is 5.79. The second kappa shape index (κ2) is 6.05. The zero-order chi connectivity index (χ0) is 13.7. The third-order valence-corrected chi connectivity index (χ3v) is 3.02. The SMILES string of the molecule is CC(NC(=O)Cc1ccccc1)c1ccc(N)cc1. The molecule has 0 saturated heterocycles. The van der Waals surface area contributed by atoms with Crippen LogP contribution in [0.1, 0.15) is 24.1 Å². The summed E-state index contributed by atoms with van der Waals surface area (Å²) < 4.78 is 0. The van der Waals surface area contributed by atoms with Crippen LogP contribution < -0.4 is 11.1 Å². The molecule has 3 N–H and O–H groups in total. The predicted octanol–water partition coefficient (Wildman–Crippen LogP) is 2.69. The molecule has 1 atom stereocenters. The summed E-state index contributed by atoms with van der Waals surface area (Å²) in [6, 6.07) is 17.3. The highest BCUT2D eigenvalue weighted by atomic mass is 16.1. The lowest BCUT2D eigenvalue weighted by Gasteiger charge is -2.14. The van der Waals surface area contributed by atoms with Crippen molar-refractivity contribution in [3.8, 4) is 0 Å². The third-order valence-electron chi connectivity index (χ3n) is 3.02. The molecule has 98 valence electrons. The largest absolute Gasteiger partial charge is 0.399 e. The Morgan fingerprint density at radius 2 is 1.74 bits per heavy atom. The molecule has 0 aliphatic carbocycles. The quantitative estimate of drug-likeness (QED) is 0.824. The van der Waals surface area contributed by atoms with Crippen LogP contribution in [0.3, 0.4) is 0 Å². The first kappa shape index (κ1) is 13.1. The molecule has 0 spiro atoms. The molecule has 0 fully saturated rings. The Morgan fingerprint density at radius 3 is 2.37 bits per heavy atom. The maximum atomic E-state index is 11.9. The summed E-state index contributed by atoms with van der Waals surface area (Å²) in [6.45, 7) is 1.97. The molecule has 0 radical (unpaired) electrons. The maximum absolute atomic E-state index is 11.9. The zero-order valence-corrected chi connectivity index (χ0v) is 11.0. The van der Waals surface area contributed by atoms with Crippen LogP contribution in [0.2, 0.25) is 0 Å². The van der Waals surface area contributed by atoms with Crippen LogP contribution in [0.25, 0.3) is 0 Å². The lowest BCUT2D eigenvalue weighted by Crippen LogP contribution is -2.28. The Morgan fingerprint density at radius 1 is 1.11 bits per heavy atom. The van der Waals surface area contributed by atoms with Crippen LogP contribution in [-0.2, 0) is 11.2 Å². The summed E-state index contributed by atoms with van der Waals surface area (Å²) in [5.41, 5.74) is 8.44.